The lowest BCUT2D eigenvalue weighted by molar-refractivity contribution is -0.0797. The molecule has 2 nitrogen and oxygen atoms in total. The van der Waals surface area contributed by atoms with Crippen molar-refractivity contribution in [3.8, 4) is 0 Å². The van der Waals surface area contributed by atoms with Crippen LogP contribution in [0.4, 0.5) is 0 Å². The summed E-state index contributed by atoms with van der Waals surface area (Å²) in [4.78, 5) is 0. The van der Waals surface area contributed by atoms with Gasteiger partial charge in [0.2, 0.25) is 0 Å². The number of hydrogen-bond donors (Lipinski definition) is 2. The monoisotopic (exact) mass is 430 g/mol. The third-order valence-corrected chi connectivity index (χ3v) is 11.3. The highest BCUT2D eigenvalue weighted by Gasteiger charge is 2.60. The molecule has 0 radical (unpaired) electrons. The van der Waals surface area contributed by atoms with Crippen molar-refractivity contribution in [2.24, 2.45) is 52.3 Å². The van der Waals surface area contributed by atoms with Crippen LogP contribution in [0.25, 0.3) is 0 Å². The molecule has 3 saturated carbocycles. The van der Waals surface area contributed by atoms with Crippen LogP contribution in [0.5, 0.6) is 0 Å². The van der Waals surface area contributed by atoms with Crippen LogP contribution in [0, 0.1) is 52.3 Å². The van der Waals surface area contributed by atoms with Gasteiger partial charge in [-0.1, -0.05) is 59.1 Å². The zero-order chi connectivity index (χ0) is 22.4. The summed E-state index contributed by atoms with van der Waals surface area (Å²) in [7, 11) is 0. The fourth-order valence-electron chi connectivity index (χ4n) is 9.39. The van der Waals surface area contributed by atoms with Gasteiger partial charge in [0, 0.05) is 5.41 Å². The summed E-state index contributed by atoms with van der Waals surface area (Å²) >= 11 is 0. The predicted molar refractivity (Wildman–Crippen MR) is 130 cm³/mol. The maximum Gasteiger partial charge on any atom is 0.0577 e. The summed E-state index contributed by atoms with van der Waals surface area (Å²) in [6.45, 7) is 12.7. The number of rotatable bonds is 7. The molecule has 0 unspecified atom stereocenters. The zero-order valence-corrected chi connectivity index (χ0v) is 21.1. The van der Waals surface area contributed by atoms with Gasteiger partial charge in [0.25, 0.3) is 0 Å². The largest absolute Gasteiger partial charge is 0.395 e. The van der Waals surface area contributed by atoms with Crippen molar-refractivity contribution in [1.29, 1.82) is 0 Å². The van der Waals surface area contributed by atoms with Gasteiger partial charge in [0.05, 0.1) is 12.7 Å². The highest BCUT2D eigenvalue weighted by atomic mass is 16.3. The van der Waals surface area contributed by atoms with E-state index in [0.29, 0.717) is 17.9 Å². The number of allylic oxidation sites excluding steroid dienone is 1. The van der Waals surface area contributed by atoms with Crippen molar-refractivity contribution >= 4 is 0 Å². The van der Waals surface area contributed by atoms with E-state index in [1.807, 2.05) is 0 Å². The maximum atomic E-state index is 10.6. The van der Waals surface area contributed by atoms with Gasteiger partial charge in [-0.15, -0.1) is 0 Å². The van der Waals surface area contributed by atoms with E-state index in [2.05, 4.69) is 40.7 Å². The molecule has 0 aliphatic heterocycles. The third kappa shape index (κ3) is 3.96. The van der Waals surface area contributed by atoms with Crippen LogP contribution in [0.2, 0.25) is 0 Å². The Morgan fingerprint density at radius 2 is 1.81 bits per heavy atom. The predicted octanol–water partition coefficient (Wildman–Crippen LogP) is 7.00. The summed E-state index contributed by atoms with van der Waals surface area (Å²) in [6.07, 6.45) is 15.7. The molecule has 2 N–H and O–H groups in total. The molecule has 0 aromatic rings. The molecule has 4 aliphatic carbocycles. The van der Waals surface area contributed by atoms with Gasteiger partial charge < -0.3 is 10.2 Å². The summed E-state index contributed by atoms with van der Waals surface area (Å²) < 4.78 is 0. The fourth-order valence-corrected chi connectivity index (χ4v) is 9.39. The molecule has 0 saturated heterocycles. The third-order valence-electron chi connectivity index (χ3n) is 11.3. The molecule has 2 heteroatoms. The number of fused-ring (bicyclic) bond motifs is 5. The lowest BCUT2D eigenvalue weighted by Gasteiger charge is -2.59. The Bertz CT molecular complexity index is 653. The van der Waals surface area contributed by atoms with Gasteiger partial charge in [-0.2, -0.15) is 0 Å². The minimum absolute atomic E-state index is 0.0151. The summed E-state index contributed by atoms with van der Waals surface area (Å²) in [6, 6.07) is 0. The van der Waals surface area contributed by atoms with Crippen molar-refractivity contribution < 1.29 is 10.2 Å². The SMILES string of the molecule is CC[C@H](CC[C@@H](C)[C@H]1CC[C@H]2[C@@H]3CC=C4C[C@@H](O)CC[C@]4(CO)[C@H]3CC[C@]12C)C(C)C. The van der Waals surface area contributed by atoms with Gasteiger partial charge in [0.15, 0.2) is 0 Å². The first kappa shape index (κ1) is 23.8. The molecular weight excluding hydrogens is 380 g/mol. The van der Waals surface area contributed by atoms with Crippen LogP contribution in [0.1, 0.15) is 105 Å². The lowest BCUT2D eigenvalue weighted by Crippen LogP contribution is -2.53. The second kappa shape index (κ2) is 9.13. The van der Waals surface area contributed by atoms with E-state index in [0.717, 1.165) is 54.8 Å². The molecule has 178 valence electrons. The molecule has 0 aromatic heterocycles. The zero-order valence-electron chi connectivity index (χ0n) is 21.1. The van der Waals surface area contributed by atoms with Crippen LogP contribution in [-0.2, 0) is 0 Å². The van der Waals surface area contributed by atoms with Gasteiger partial charge in [-0.25, -0.2) is 0 Å². The quantitative estimate of drug-likeness (QED) is 0.427. The average Bonchev–Trinajstić information content (AvgIpc) is 3.10. The van der Waals surface area contributed by atoms with Crippen molar-refractivity contribution in [3.63, 3.8) is 0 Å². The molecule has 0 aromatic carbocycles. The number of aliphatic hydroxyl groups is 2. The first-order valence-corrected chi connectivity index (χ1v) is 13.7. The van der Waals surface area contributed by atoms with Crippen LogP contribution in [-0.4, -0.2) is 22.9 Å². The summed E-state index contributed by atoms with van der Waals surface area (Å²) in [5, 5.41) is 20.9. The van der Waals surface area contributed by atoms with Crippen LogP contribution in [0.15, 0.2) is 11.6 Å². The van der Waals surface area contributed by atoms with Gasteiger partial charge in [-0.3, -0.25) is 0 Å². The van der Waals surface area contributed by atoms with Crippen molar-refractivity contribution in [1.82, 2.24) is 0 Å². The minimum atomic E-state index is -0.189. The first-order chi connectivity index (χ1) is 14.8. The molecule has 0 amide bonds. The molecule has 4 rings (SSSR count). The molecule has 4 aliphatic rings. The van der Waals surface area contributed by atoms with E-state index in [1.54, 1.807) is 0 Å². The Labute approximate surface area is 192 Å². The second-order valence-corrected chi connectivity index (χ2v) is 12.7. The standard InChI is InChI=1S/C29H50O2/c1-6-21(19(2)3)8-7-20(4)25-11-12-26-24-10-9-22-17-23(31)13-16-29(22,18-30)27(24)14-15-28(25,26)5/h9,19-21,23-27,30-31H,6-8,10-18H2,1-5H3/t20-,21-,23+,24+,25-,26+,27+,28-,29-/m1/s1. The Balaban J connectivity index is 1.50. The van der Waals surface area contributed by atoms with E-state index in [-0.39, 0.29) is 11.5 Å². The Hall–Kier alpha value is -0.340. The van der Waals surface area contributed by atoms with E-state index in [9.17, 15) is 10.2 Å². The Kier molecular flexibility index (Phi) is 7.01. The number of aliphatic hydroxyl groups excluding tert-OH is 2. The van der Waals surface area contributed by atoms with Crippen LogP contribution in [0.3, 0.4) is 0 Å². The second-order valence-electron chi connectivity index (χ2n) is 12.7. The average molecular weight is 431 g/mol. The molecule has 0 bridgehead atoms. The smallest absolute Gasteiger partial charge is 0.0577 e. The van der Waals surface area contributed by atoms with E-state index in [4.69, 9.17) is 0 Å². The highest BCUT2D eigenvalue weighted by Crippen LogP contribution is 2.67. The van der Waals surface area contributed by atoms with Crippen LogP contribution < -0.4 is 0 Å². The van der Waals surface area contributed by atoms with E-state index >= 15 is 0 Å². The van der Waals surface area contributed by atoms with Crippen molar-refractivity contribution in [2.75, 3.05) is 6.61 Å². The number of hydrogen-bond acceptors (Lipinski definition) is 2. The Morgan fingerprint density at radius 3 is 2.48 bits per heavy atom. The molecule has 31 heavy (non-hydrogen) atoms. The fraction of sp³-hybridized carbons (Fsp3) is 0.931. The van der Waals surface area contributed by atoms with Crippen LogP contribution >= 0.6 is 0 Å². The van der Waals surface area contributed by atoms with E-state index in [1.165, 1.54) is 56.9 Å². The molecule has 0 spiro atoms. The first-order valence-electron chi connectivity index (χ1n) is 13.7. The Morgan fingerprint density at radius 1 is 1.03 bits per heavy atom. The van der Waals surface area contributed by atoms with Crippen molar-refractivity contribution in [3.05, 3.63) is 11.6 Å². The lowest BCUT2D eigenvalue weighted by atomic mass is 9.46. The maximum absolute atomic E-state index is 10.6. The minimum Gasteiger partial charge on any atom is -0.395 e. The molecule has 0 heterocycles. The topological polar surface area (TPSA) is 40.5 Å². The summed E-state index contributed by atoms with van der Waals surface area (Å²) in [5.74, 6) is 5.64. The normalized spacial score (nSPS) is 44.3. The van der Waals surface area contributed by atoms with Gasteiger partial charge in [0.1, 0.15) is 0 Å². The van der Waals surface area contributed by atoms with Crippen molar-refractivity contribution in [2.45, 2.75) is 111 Å². The summed E-state index contributed by atoms with van der Waals surface area (Å²) in [5.41, 5.74) is 1.88. The molecule has 9 atom stereocenters. The molecular formula is C29H50O2. The molecule has 3 fully saturated rings. The highest BCUT2D eigenvalue weighted by molar-refractivity contribution is 5.26. The van der Waals surface area contributed by atoms with Gasteiger partial charge in [-0.05, 0) is 105 Å². The van der Waals surface area contributed by atoms with Gasteiger partial charge >= 0.3 is 0 Å². The van der Waals surface area contributed by atoms with E-state index < -0.39 is 0 Å².